The second-order valence-corrected chi connectivity index (χ2v) is 3.55. The fourth-order valence-corrected chi connectivity index (χ4v) is 1.78. The van der Waals surface area contributed by atoms with Crippen molar-refractivity contribution in [3.63, 3.8) is 0 Å². The molecule has 0 aliphatic heterocycles. The zero-order valence-electron chi connectivity index (χ0n) is 7.77. The largest absolute Gasteiger partial charge is 0.495 e. The molecule has 1 nitrogen and oxygen atoms in total. The SMILES string of the molecule is COc1c(P)cc(C)cc1C(F)(F)F. The van der Waals surface area contributed by atoms with Gasteiger partial charge in [-0.25, -0.2) is 0 Å². The zero-order valence-corrected chi connectivity index (χ0v) is 8.93. The molecule has 0 fully saturated rings. The van der Waals surface area contributed by atoms with E-state index in [-0.39, 0.29) is 5.75 Å². The van der Waals surface area contributed by atoms with Crippen molar-refractivity contribution in [1.82, 2.24) is 0 Å². The Morgan fingerprint density at radius 1 is 1.29 bits per heavy atom. The highest BCUT2D eigenvalue weighted by Crippen LogP contribution is 2.36. The molecule has 0 aliphatic rings. The zero-order chi connectivity index (χ0) is 10.9. The Bertz CT molecular complexity index is 347. The molecular formula is C9H10F3OP. The molecule has 1 aromatic rings. The lowest BCUT2D eigenvalue weighted by molar-refractivity contribution is -0.138. The number of ether oxygens (including phenoxy) is 1. The minimum atomic E-state index is -4.37. The van der Waals surface area contributed by atoms with Crippen LogP contribution in [0.15, 0.2) is 12.1 Å². The van der Waals surface area contributed by atoms with Crippen LogP contribution in [0.3, 0.4) is 0 Å². The molecule has 0 aromatic heterocycles. The van der Waals surface area contributed by atoms with Crippen LogP contribution in [0.4, 0.5) is 13.2 Å². The molecule has 0 amide bonds. The van der Waals surface area contributed by atoms with Crippen molar-refractivity contribution in [2.24, 2.45) is 0 Å². The van der Waals surface area contributed by atoms with Crippen LogP contribution < -0.4 is 10.0 Å². The second-order valence-electron chi connectivity index (χ2n) is 2.93. The maximum atomic E-state index is 12.5. The Morgan fingerprint density at radius 2 is 1.86 bits per heavy atom. The predicted octanol–water partition coefficient (Wildman–Crippen LogP) is 2.52. The van der Waals surface area contributed by atoms with E-state index in [0.717, 1.165) is 6.07 Å². The van der Waals surface area contributed by atoms with Gasteiger partial charge in [0.25, 0.3) is 0 Å². The molecule has 0 N–H and O–H groups in total. The number of rotatable bonds is 1. The Kier molecular flexibility index (Phi) is 3.05. The van der Waals surface area contributed by atoms with Crippen molar-refractivity contribution < 1.29 is 17.9 Å². The van der Waals surface area contributed by atoms with Gasteiger partial charge in [0.2, 0.25) is 0 Å². The first kappa shape index (κ1) is 11.3. The monoisotopic (exact) mass is 222 g/mol. The summed E-state index contributed by atoms with van der Waals surface area (Å²) in [5.74, 6) is -0.131. The highest BCUT2D eigenvalue weighted by Gasteiger charge is 2.35. The van der Waals surface area contributed by atoms with Crippen LogP contribution in [0, 0.1) is 6.92 Å². The summed E-state index contributed by atoms with van der Waals surface area (Å²) in [7, 11) is 3.46. The number of hydrogen-bond donors (Lipinski definition) is 0. The van der Waals surface area contributed by atoms with Crippen molar-refractivity contribution in [2.75, 3.05) is 7.11 Å². The molecule has 0 saturated carbocycles. The van der Waals surface area contributed by atoms with Gasteiger partial charge in [0, 0.05) is 5.30 Å². The van der Waals surface area contributed by atoms with Crippen molar-refractivity contribution in [3.05, 3.63) is 23.3 Å². The molecule has 1 aromatic carbocycles. The summed E-state index contributed by atoms with van der Waals surface area (Å²) in [6, 6.07) is 2.70. The van der Waals surface area contributed by atoms with Gasteiger partial charge in [0.15, 0.2) is 0 Å². The number of benzene rings is 1. The van der Waals surface area contributed by atoms with Crippen molar-refractivity contribution in [2.45, 2.75) is 13.1 Å². The smallest absolute Gasteiger partial charge is 0.419 e. The van der Waals surface area contributed by atoms with E-state index < -0.39 is 11.7 Å². The summed E-state index contributed by atoms with van der Waals surface area (Å²) in [5.41, 5.74) is -0.173. The van der Waals surface area contributed by atoms with Crippen LogP contribution >= 0.6 is 9.24 Å². The van der Waals surface area contributed by atoms with Gasteiger partial charge < -0.3 is 4.74 Å². The molecule has 0 radical (unpaired) electrons. The highest BCUT2D eigenvalue weighted by atomic mass is 31.0. The highest BCUT2D eigenvalue weighted by molar-refractivity contribution is 7.27. The molecule has 0 spiro atoms. The summed E-state index contributed by atoms with van der Waals surface area (Å²) in [6.45, 7) is 1.61. The molecule has 1 atom stereocenters. The van der Waals surface area contributed by atoms with Crippen molar-refractivity contribution in [1.29, 1.82) is 0 Å². The first-order chi connectivity index (χ1) is 6.36. The lowest BCUT2D eigenvalue weighted by Crippen LogP contribution is -2.12. The number of methoxy groups -OCH3 is 1. The van der Waals surface area contributed by atoms with Crippen LogP contribution in [0.25, 0.3) is 0 Å². The van der Waals surface area contributed by atoms with Gasteiger partial charge in [-0.2, -0.15) is 13.2 Å². The maximum Gasteiger partial charge on any atom is 0.419 e. The summed E-state index contributed by atoms with van der Waals surface area (Å²) < 4.78 is 42.2. The Balaban J connectivity index is 3.40. The van der Waals surface area contributed by atoms with E-state index in [4.69, 9.17) is 4.74 Å². The van der Waals surface area contributed by atoms with E-state index >= 15 is 0 Å². The number of hydrogen-bond acceptors (Lipinski definition) is 1. The number of halogens is 3. The molecule has 0 bridgehead atoms. The van der Waals surface area contributed by atoms with E-state index in [9.17, 15) is 13.2 Å². The van der Waals surface area contributed by atoms with Gasteiger partial charge in [-0.05, 0) is 24.6 Å². The van der Waals surface area contributed by atoms with Gasteiger partial charge >= 0.3 is 6.18 Å². The first-order valence-electron chi connectivity index (χ1n) is 3.87. The topological polar surface area (TPSA) is 9.23 Å². The molecule has 1 rings (SSSR count). The predicted molar refractivity (Wildman–Crippen MR) is 52.1 cm³/mol. The van der Waals surface area contributed by atoms with E-state index in [0.29, 0.717) is 10.9 Å². The Hall–Kier alpha value is -0.760. The van der Waals surface area contributed by atoms with Crippen LogP contribution in [0.5, 0.6) is 5.75 Å². The molecule has 14 heavy (non-hydrogen) atoms. The molecule has 1 unspecified atom stereocenters. The number of aryl methyl sites for hydroxylation is 1. The summed E-state index contributed by atoms with van der Waals surface area (Å²) >= 11 is 0. The molecule has 0 heterocycles. The normalized spacial score (nSPS) is 11.6. The first-order valence-corrected chi connectivity index (χ1v) is 4.45. The lowest BCUT2D eigenvalue weighted by Gasteiger charge is -2.14. The maximum absolute atomic E-state index is 12.5. The minimum Gasteiger partial charge on any atom is -0.495 e. The summed E-state index contributed by atoms with van der Waals surface area (Å²) in [6.07, 6.45) is -4.37. The standard InChI is InChI=1S/C9H10F3OP/c1-5-3-6(9(10,11)12)8(13-2)7(14)4-5/h3-4H,14H2,1-2H3. The molecular weight excluding hydrogens is 212 g/mol. The van der Waals surface area contributed by atoms with Gasteiger partial charge in [0.1, 0.15) is 5.75 Å². The average molecular weight is 222 g/mol. The molecule has 0 saturated heterocycles. The Labute approximate surface area is 82.5 Å². The fourth-order valence-electron chi connectivity index (χ4n) is 1.24. The quantitative estimate of drug-likeness (QED) is 0.663. The Morgan fingerprint density at radius 3 is 2.29 bits per heavy atom. The van der Waals surface area contributed by atoms with E-state index in [1.165, 1.54) is 7.11 Å². The van der Waals surface area contributed by atoms with Gasteiger partial charge in [-0.1, -0.05) is 0 Å². The van der Waals surface area contributed by atoms with E-state index in [1.807, 2.05) is 0 Å². The molecule has 5 heteroatoms. The van der Waals surface area contributed by atoms with E-state index in [1.54, 1.807) is 13.0 Å². The van der Waals surface area contributed by atoms with Crippen molar-refractivity contribution >= 4 is 14.5 Å². The van der Waals surface area contributed by atoms with Crippen LogP contribution in [0.1, 0.15) is 11.1 Å². The third kappa shape index (κ3) is 2.18. The molecule has 0 aliphatic carbocycles. The minimum absolute atomic E-state index is 0.131. The van der Waals surface area contributed by atoms with Crippen LogP contribution in [-0.2, 0) is 6.18 Å². The summed E-state index contributed by atoms with van der Waals surface area (Å²) in [5, 5.41) is 0.417. The van der Waals surface area contributed by atoms with Crippen molar-refractivity contribution in [3.8, 4) is 5.75 Å². The van der Waals surface area contributed by atoms with Gasteiger partial charge in [-0.3, -0.25) is 0 Å². The van der Waals surface area contributed by atoms with Crippen LogP contribution in [-0.4, -0.2) is 7.11 Å². The third-order valence-corrected chi connectivity index (χ3v) is 2.20. The molecule has 78 valence electrons. The van der Waals surface area contributed by atoms with E-state index in [2.05, 4.69) is 9.24 Å². The van der Waals surface area contributed by atoms with Crippen LogP contribution in [0.2, 0.25) is 0 Å². The van der Waals surface area contributed by atoms with Gasteiger partial charge in [-0.15, -0.1) is 9.24 Å². The lowest BCUT2D eigenvalue weighted by atomic mass is 10.1. The summed E-state index contributed by atoms with van der Waals surface area (Å²) in [4.78, 5) is 0. The number of alkyl halides is 3. The van der Waals surface area contributed by atoms with Gasteiger partial charge in [0.05, 0.1) is 12.7 Å². The average Bonchev–Trinajstić information content (AvgIpc) is 2.01. The fraction of sp³-hybridized carbons (Fsp3) is 0.333. The second kappa shape index (κ2) is 3.77. The third-order valence-electron chi connectivity index (χ3n) is 1.77.